The van der Waals surface area contributed by atoms with Crippen LogP contribution in [0.1, 0.15) is 21.5 Å². The van der Waals surface area contributed by atoms with E-state index in [0.29, 0.717) is 16.7 Å². The Morgan fingerprint density at radius 2 is 1.72 bits per heavy atom. The molecule has 9 nitrogen and oxygen atoms in total. The van der Waals surface area contributed by atoms with Crippen molar-refractivity contribution >= 4 is 51.4 Å². The van der Waals surface area contributed by atoms with Gasteiger partial charge in [0.15, 0.2) is 11.5 Å². The molecule has 5 rings (SSSR count). The van der Waals surface area contributed by atoms with Crippen LogP contribution in [0, 0.1) is 10.1 Å². The first-order valence-corrected chi connectivity index (χ1v) is 12.5. The van der Waals surface area contributed by atoms with Gasteiger partial charge in [-0.25, -0.2) is 4.79 Å². The van der Waals surface area contributed by atoms with E-state index in [0.717, 1.165) is 27.4 Å². The number of nitro benzene ring substituents is 1. The van der Waals surface area contributed by atoms with Crippen LogP contribution in [-0.2, 0) is 11.3 Å². The highest BCUT2D eigenvalue weighted by Gasteiger charge is 2.35. The summed E-state index contributed by atoms with van der Waals surface area (Å²) >= 11 is 0.795. The summed E-state index contributed by atoms with van der Waals surface area (Å²) in [5, 5.41) is 12.1. The molecule has 2 amide bonds. The molecule has 0 aliphatic carbocycles. The summed E-state index contributed by atoms with van der Waals surface area (Å²) in [7, 11) is 1.44. The lowest BCUT2D eigenvalue weighted by Crippen LogP contribution is -2.27. The predicted molar refractivity (Wildman–Crippen MR) is 147 cm³/mol. The van der Waals surface area contributed by atoms with Crippen molar-refractivity contribution < 1.29 is 28.8 Å². The lowest BCUT2D eigenvalue weighted by molar-refractivity contribution is -0.384. The molecule has 1 saturated heterocycles. The average molecular weight is 541 g/mol. The van der Waals surface area contributed by atoms with E-state index >= 15 is 0 Å². The zero-order valence-electron chi connectivity index (χ0n) is 20.5. The maximum Gasteiger partial charge on any atom is 0.344 e. The molecular formula is C29H20N2O7S. The van der Waals surface area contributed by atoms with Crippen molar-refractivity contribution in [1.82, 2.24) is 4.90 Å². The summed E-state index contributed by atoms with van der Waals surface area (Å²) in [4.78, 5) is 50.1. The van der Waals surface area contributed by atoms with Crippen LogP contribution in [0.3, 0.4) is 0 Å². The smallest absolute Gasteiger partial charge is 0.344 e. The van der Waals surface area contributed by atoms with Gasteiger partial charge in [-0.05, 0) is 57.9 Å². The van der Waals surface area contributed by atoms with Gasteiger partial charge < -0.3 is 9.47 Å². The number of fused-ring (bicyclic) bond motifs is 1. The second kappa shape index (κ2) is 10.8. The minimum Gasteiger partial charge on any atom is -0.493 e. The zero-order valence-corrected chi connectivity index (χ0v) is 21.3. The lowest BCUT2D eigenvalue weighted by Gasteiger charge is -2.12. The number of ether oxygens (including phenoxy) is 2. The highest BCUT2D eigenvalue weighted by molar-refractivity contribution is 8.18. The molecule has 1 heterocycles. The number of non-ortho nitro benzene ring substituents is 1. The molecule has 194 valence electrons. The first-order valence-electron chi connectivity index (χ1n) is 11.7. The Hall–Kier alpha value is -4.96. The van der Waals surface area contributed by atoms with Gasteiger partial charge in [0.2, 0.25) is 0 Å². The standard InChI is InChI=1S/C29H20N2O7S/c1-37-25-15-19(11-14-24(25)38-28(33)23-8-4-6-20-5-2-3-7-22(20)23)16-26-27(32)30(29(34)39-26)17-18-9-12-21(13-10-18)31(35)36/h2-16H,17H2,1H3/b26-16-. The van der Waals surface area contributed by atoms with Crippen LogP contribution >= 0.6 is 11.8 Å². The van der Waals surface area contributed by atoms with E-state index in [1.54, 1.807) is 36.4 Å². The largest absolute Gasteiger partial charge is 0.493 e. The first kappa shape index (κ1) is 25.7. The van der Waals surface area contributed by atoms with Crippen molar-refractivity contribution in [3.63, 3.8) is 0 Å². The number of nitrogens with zero attached hydrogens (tertiary/aromatic N) is 2. The summed E-state index contributed by atoms with van der Waals surface area (Å²) < 4.78 is 11.1. The van der Waals surface area contributed by atoms with Gasteiger partial charge in [0.05, 0.1) is 29.0 Å². The van der Waals surface area contributed by atoms with Crippen LogP contribution < -0.4 is 9.47 Å². The molecule has 0 bridgehead atoms. The van der Waals surface area contributed by atoms with Crippen molar-refractivity contribution in [3.8, 4) is 11.5 Å². The molecule has 10 heteroatoms. The van der Waals surface area contributed by atoms with Gasteiger partial charge in [-0.2, -0.15) is 0 Å². The fourth-order valence-corrected chi connectivity index (χ4v) is 4.95. The van der Waals surface area contributed by atoms with Crippen molar-refractivity contribution in [3.05, 3.63) is 117 Å². The number of nitro groups is 1. The number of esters is 1. The van der Waals surface area contributed by atoms with Crippen LogP contribution in [0.25, 0.3) is 16.8 Å². The molecule has 0 saturated carbocycles. The monoisotopic (exact) mass is 540 g/mol. The van der Waals surface area contributed by atoms with Crippen molar-refractivity contribution in [2.24, 2.45) is 0 Å². The fraction of sp³-hybridized carbons (Fsp3) is 0.0690. The number of carbonyl (C=O) groups excluding carboxylic acids is 3. The number of benzene rings is 4. The summed E-state index contributed by atoms with van der Waals surface area (Å²) in [5.74, 6) is -0.528. The molecule has 0 radical (unpaired) electrons. The Balaban J connectivity index is 1.33. The van der Waals surface area contributed by atoms with E-state index in [9.17, 15) is 24.5 Å². The Morgan fingerprint density at radius 1 is 0.974 bits per heavy atom. The normalized spacial score (nSPS) is 14.2. The number of thioether (sulfide) groups is 1. The average Bonchev–Trinajstić information content (AvgIpc) is 3.20. The predicted octanol–water partition coefficient (Wildman–Crippen LogP) is 6.21. The summed E-state index contributed by atoms with van der Waals surface area (Å²) in [6.07, 6.45) is 1.56. The lowest BCUT2D eigenvalue weighted by atomic mass is 10.0. The molecule has 0 unspecified atom stereocenters. The Labute approximate surface area is 226 Å². The minimum absolute atomic E-state index is 0.00756. The Bertz CT molecular complexity index is 1660. The molecule has 1 aliphatic heterocycles. The SMILES string of the molecule is COc1cc(/C=C2\SC(=O)N(Cc3ccc([N+](=O)[O-])cc3)C2=O)ccc1OC(=O)c1cccc2ccccc12. The maximum absolute atomic E-state index is 13.0. The van der Waals surface area contributed by atoms with E-state index < -0.39 is 22.0 Å². The van der Waals surface area contributed by atoms with E-state index in [-0.39, 0.29) is 28.6 Å². The molecular weight excluding hydrogens is 520 g/mol. The zero-order chi connectivity index (χ0) is 27.5. The van der Waals surface area contributed by atoms with Crippen molar-refractivity contribution in [1.29, 1.82) is 0 Å². The number of hydrogen-bond acceptors (Lipinski definition) is 8. The quantitative estimate of drug-likeness (QED) is 0.0893. The van der Waals surface area contributed by atoms with E-state index in [1.165, 1.54) is 31.4 Å². The molecule has 0 spiro atoms. The van der Waals surface area contributed by atoms with E-state index in [2.05, 4.69) is 0 Å². The third kappa shape index (κ3) is 5.36. The highest BCUT2D eigenvalue weighted by Crippen LogP contribution is 2.36. The van der Waals surface area contributed by atoms with Crippen LogP contribution in [-0.4, -0.2) is 34.0 Å². The van der Waals surface area contributed by atoms with Crippen LogP contribution in [0.15, 0.2) is 89.8 Å². The summed E-state index contributed by atoms with van der Waals surface area (Å²) in [5.41, 5.74) is 1.50. The minimum atomic E-state index is -0.537. The van der Waals surface area contributed by atoms with Gasteiger partial charge >= 0.3 is 5.97 Å². The molecule has 0 N–H and O–H groups in total. The molecule has 0 atom stereocenters. The third-order valence-electron chi connectivity index (χ3n) is 6.06. The molecule has 1 fully saturated rings. The van der Waals surface area contributed by atoms with Gasteiger partial charge in [0, 0.05) is 12.1 Å². The number of carbonyl (C=O) groups is 3. The molecule has 39 heavy (non-hydrogen) atoms. The topological polar surface area (TPSA) is 116 Å². The number of amides is 2. The van der Waals surface area contributed by atoms with Crippen LogP contribution in [0.2, 0.25) is 0 Å². The number of methoxy groups -OCH3 is 1. The van der Waals surface area contributed by atoms with Gasteiger partial charge in [0.25, 0.3) is 16.8 Å². The first-order chi connectivity index (χ1) is 18.8. The Morgan fingerprint density at radius 3 is 2.46 bits per heavy atom. The molecule has 0 aromatic heterocycles. The summed E-state index contributed by atoms with van der Waals surface area (Å²) in [6.45, 7) is -0.00756. The summed E-state index contributed by atoms with van der Waals surface area (Å²) in [6, 6.07) is 23.4. The van der Waals surface area contributed by atoms with E-state index in [4.69, 9.17) is 9.47 Å². The molecule has 4 aromatic rings. The Kier molecular flexibility index (Phi) is 7.11. The number of hydrogen-bond donors (Lipinski definition) is 0. The second-order valence-corrected chi connectivity index (χ2v) is 9.51. The van der Waals surface area contributed by atoms with Crippen molar-refractivity contribution in [2.75, 3.05) is 7.11 Å². The van der Waals surface area contributed by atoms with Gasteiger partial charge in [-0.1, -0.05) is 54.6 Å². The fourth-order valence-electron chi connectivity index (χ4n) is 4.11. The second-order valence-electron chi connectivity index (χ2n) is 8.52. The maximum atomic E-state index is 13.0. The van der Waals surface area contributed by atoms with Gasteiger partial charge in [-0.3, -0.25) is 24.6 Å². The van der Waals surface area contributed by atoms with Crippen LogP contribution in [0.5, 0.6) is 11.5 Å². The van der Waals surface area contributed by atoms with Gasteiger partial charge in [0.1, 0.15) is 0 Å². The molecule has 1 aliphatic rings. The van der Waals surface area contributed by atoms with E-state index in [1.807, 2.05) is 30.3 Å². The highest BCUT2D eigenvalue weighted by atomic mass is 32.2. The van der Waals surface area contributed by atoms with Gasteiger partial charge in [-0.15, -0.1) is 0 Å². The molecule has 4 aromatic carbocycles. The third-order valence-corrected chi connectivity index (χ3v) is 6.97. The van der Waals surface area contributed by atoms with Crippen LogP contribution in [0.4, 0.5) is 10.5 Å². The number of rotatable bonds is 7. The number of imide groups is 1. The van der Waals surface area contributed by atoms with Crippen molar-refractivity contribution in [2.45, 2.75) is 6.54 Å².